The predicted octanol–water partition coefficient (Wildman–Crippen LogP) is 9.69. The van der Waals surface area contributed by atoms with Crippen molar-refractivity contribution in [2.75, 3.05) is 0 Å². The Kier molecular flexibility index (Phi) is 55.9. The highest BCUT2D eigenvalue weighted by atomic mass is 14.0. The van der Waals surface area contributed by atoms with Crippen molar-refractivity contribution >= 4 is 0 Å². The Labute approximate surface area is 156 Å². The van der Waals surface area contributed by atoms with E-state index < -0.39 is 0 Å². The molecule has 2 rings (SSSR count). The molecule has 1 aromatic carbocycles. The molecule has 24 heavy (non-hydrogen) atoms. The SMILES string of the molecule is C1CCCCC1.CCC.CCC.CCC.CCC.c1ccccc1. The van der Waals surface area contributed by atoms with Crippen molar-refractivity contribution in [3.63, 3.8) is 0 Å². The van der Waals surface area contributed by atoms with Gasteiger partial charge in [-0.15, -0.1) is 0 Å². The topological polar surface area (TPSA) is 0 Å². The van der Waals surface area contributed by atoms with Crippen LogP contribution in [0, 0.1) is 0 Å². The molecule has 1 aromatic rings. The van der Waals surface area contributed by atoms with Crippen molar-refractivity contribution in [3.05, 3.63) is 36.4 Å². The number of hydrogen-bond acceptors (Lipinski definition) is 0. The molecule has 1 aliphatic carbocycles. The van der Waals surface area contributed by atoms with E-state index in [0.717, 1.165) is 0 Å². The molecule has 0 bridgehead atoms. The summed E-state index contributed by atoms with van der Waals surface area (Å²) >= 11 is 0. The fraction of sp³-hybridized carbons (Fsp3) is 0.750. The Hall–Kier alpha value is -0.780. The summed E-state index contributed by atoms with van der Waals surface area (Å²) in [6, 6.07) is 12.0. The van der Waals surface area contributed by atoms with Crippen LogP contribution in [0.3, 0.4) is 0 Å². The maximum Gasteiger partial charge on any atom is -0.0533 e. The van der Waals surface area contributed by atoms with Crippen molar-refractivity contribution in [1.82, 2.24) is 0 Å². The molecule has 0 heterocycles. The van der Waals surface area contributed by atoms with Crippen LogP contribution in [0.5, 0.6) is 0 Å². The first-order valence-electron chi connectivity index (χ1n) is 10.7. The zero-order valence-corrected chi connectivity index (χ0v) is 18.5. The Morgan fingerprint density at radius 1 is 0.333 bits per heavy atom. The third kappa shape index (κ3) is 68.9. The number of benzene rings is 1. The quantitative estimate of drug-likeness (QED) is 0.441. The number of hydrogen-bond donors (Lipinski definition) is 0. The minimum atomic E-state index is 1.25. The molecule has 1 saturated carbocycles. The van der Waals surface area contributed by atoms with Crippen LogP contribution in [-0.2, 0) is 0 Å². The van der Waals surface area contributed by atoms with Crippen LogP contribution in [0.4, 0.5) is 0 Å². The van der Waals surface area contributed by atoms with Gasteiger partial charge in [0.25, 0.3) is 0 Å². The van der Waals surface area contributed by atoms with E-state index in [-0.39, 0.29) is 0 Å². The van der Waals surface area contributed by atoms with Gasteiger partial charge in [-0.3, -0.25) is 0 Å². The second-order valence-corrected chi connectivity index (χ2v) is 6.10. The van der Waals surface area contributed by atoms with Gasteiger partial charge in [0.05, 0.1) is 0 Å². The lowest BCUT2D eigenvalue weighted by molar-refractivity contribution is 0.504. The summed E-state index contributed by atoms with van der Waals surface area (Å²) < 4.78 is 0. The molecule has 1 fully saturated rings. The summed E-state index contributed by atoms with van der Waals surface area (Å²) in [5, 5.41) is 0. The van der Waals surface area contributed by atoms with Gasteiger partial charge in [-0.05, 0) is 0 Å². The van der Waals surface area contributed by atoms with E-state index in [4.69, 9.17) is 0 Å². The molecule has 0 aromatic heterocycles. The van der Waals surface area contributed by atoms with Crippen molar-refractivity contribution < 1.29 is 0 Å². The molecule has 0 atom stereocenters. The van der Waals surface area contributed by atoms with E-state index in [0.29, 0.717) is 0 Å². The van der Waals surface area contributed by atoms with Gasteiger partial charge in [0.2, 0.25) is 0 Å². The predicted molar refractivity (Wildman–Crippen MR) is 118 cm³/mol. The van der Waals surface area contributed by atoms with E-state index in [2.05, 4.69) is 55.4 Å². The van der Waals surface area contributed by atoms with Crippen molar-refractivity contribution in [2.45, 2.75) is 120 Å². The second kappa shape index (κ2) is 43.2. The Balaban J connectivity index is -0.000000105. The molecule has 1 aliphatic rings. The molecule has 146 valence electrons. The van der Waals surface area contributed by atoms with Crippen LogP contribution in [0.15, 0.2) is 36.4 Å². The Morgan fingerprint density at radius 3 is 0.500 bits per heavy atom. The highest BCUT2D eigenvalue weighted by Gasteiger charge is 1.95. The molecule has 0 aliphatic heterocycles. The maximum atomic E-state index is 2.12. The molecule has 0 unspecified atom stereocenters. The fourth-order valence-corrected chi connectivity index (χ4v) is 1.45. The third-order valence-corrected chi connectivity index (χ3v) is 2.17. The highest BCUT2D eigenvalue weighted by molar-refractivity contribution is 4.99. The summed E-state index contributed by atoms with van der Waals surface area (Å²) in [4.78, 5) is 0. The first-order valence-corrected chi connectivity index (χ1v) is 10.7. The van der Waals surface area contributed by atoms with Gasteiger partial charge in [-0.1, -0.05) is 156 Å². The van der Waals surface area contributed by atoms with E-state index in [9.17, 15) is 0 Å². The zero-order chi connectivity index (χ0) is 19.3. The lowest BCUT2D eigenvalue weighted by Crippen LogP contribution is -1.85. The molecule has 0 N–H and O–H groups in total. The zero-order valence-electron chi connectivity index (χ0n) is 18.5. The molecule has 0 spiro atoms. The van der Waals surface area contributed by atoms with E-state index in [1.54, 1.807) is 0 Å². The van der Waals surface area contributed by atoms with Gasteiger partial charge in [0.1, 0.15) is 0 Å². The van der Waals surface area contributed by atoms with Gasteiger partial charge in [-0.2, -0.15) is 0 Å². The average Bonchev–Trinajstić information content (AvgIpc) is 2.61. The normalized spacial score (nSPS) is 11.0. The van der Waals surface area contributed by atoms with Crippen LogP contribution in [0.2, 0.25) is 0 Å². The van der Waals surface area contributed by atoms with Crippen LogP contribution in [0.1, 0.15) is 120 Å². The van der Waals surface area contributed by atoms with E-state index in [1.165, 1.54) is 64.2 Å². The van der Waals surface area contributed by atoms with Crippen LogP contribution in [-0.4, -0.2) is 0 Å². The van der Waals surface area contributed by atoms with E-state index >= 15 is 0 Å². The molecule has 0 nitrogen and oxygen atoms in total. The highest BCUT2D eigenvalue weighted by Crippen LogP contribution is 2.15. The van der Waals surface area contributed by atoms with Gasteiger partial charge in [0, 0.05) is 0 Å². The summed E-state index contributed by atoms with van der Waals surface area (Å²) in [5.74, 6) is 0. The minimum absolute atomic E-state index is 1.25. The summed E-state index contributed by atoms with van der Waals surface area (Å²) in [6.45, 7) is 17.0. The Morgan fingerprint density at radius 2 is 0.417 bits per heavy atom. The standard InChI is InChI=1S/C6H12.C6H6.4C3H8/c2*1-2-4-6-5-3-1;4*1-3-2/h1-6H2;1-6H;4*3H2,1-2H3. The molecule has 0 saturated heterocycles. The summed E-state index contributed by atoms with van der Waals surface area (Å²) in [5.41, 5.74) is 0. The minimum Gasteiger partial charge on any atom is -0.0656 e. The van der Waals surface area contributed by atoms with Crippen LogP contribution < -0.4 is 0 Å². The lowest BCUT2D eigenvalue weighted by Gasteiger charge is -2.05. The molecule has 0 amide bonds. The fourth-order valence-electron chi connectivity index (χ4n) is 1.45. The van der Waals surface area contributed by atoms with E-state index in [1.807, 2.05) is 36.4 Å². The monoisotopic (exact) mass is 338 g/mol. The average molecular weight is 339 g/mol. The second-order valence-electron chi connectivity index (χ2n) is 6.10. The summed E-state index contributed by atoms with van der Waals surface area (Å²) in [6.07, 6.45) is 14.0. The van der Waals surface area contributed by atoms with Crippen LogP contribution >= 0.6 is 0 Å². The summed E-state index contributed by atoms with van der Waals surface area (Å²) in [7, 11) is 0. The van der Waals surface area contributed by atoms with Gasteiger partial charge in [0.15, 0.2) is 0 Å². The van der Waals surface area contributed by atoms with Crippen molar-refractivity contribution in [1.29, 1.82) is 0 Å². The van der Waals surface area contributed by atoms with Gasteiger partial charge < -0.3 is 0 Å². The smallest absolute Gasteiger partial charge is 0.0533 e. The molecular formula is C24H50. The first-order chi connectivity index (χ1) is 11.7. The first kappa shape index (κ1) is 31.0. The largest absolute Gasteiger partial charge is 0.0656 e. The Bertz CT molecular complexity index is 165. The van der Waals surface area contributed by atoms with Crippen molar-refractivity contribution in [3.8, 4) is 0 Å². The molecule has 0 heteroatoms. The van der Waals surface area contributed by atoms with Crippen LogP contribution in [0.25, 0.3) is 0 Å². The third-order valence-electron chi connectivity index (χ3n) is 2.17. The number of rotatable bonds is 0. The van der Waals surface area contributed by atoms with Crippen molar-refractivity contribution in [2.24, 2.45) is 0 Å². The lowest BCUT2D eigenvalue weighted by atomic mass is 10.0. The van der Waals surface area contributed by atoms with Gasteiger partial charge in [-0.25, -0.2) is 0 Å². The molecular weight excluding hydrogens is 288 g/mol. The maximum absolute atomic E-state index is 2.12. The molecule has 0 radical (unpaired) electrons. The van der Waals surface area contributed by atoms with Gasteiger partial charge >= 0.3 is 0 Å².